The van der Waals surface area contributed by atoms with Crippen molar-refractivity contribution in [2.75, 3.05) is 20.8 Å². The normalized spacial score (nSPS) is 16.1. The van der Waals surface area contributed by atoms with Crippen LogP contribution < -0.4 is 9.47 Å². The number of hydrogen-bond acceptors (Lipinski definition) is 5. The summed E-state index contributed by atoms with van der Waals surface area (Å²) in [6.07, 6.45) is 0.509. The minimum absolute atomic E-state index is 0.0439. The summed E-state index contributed by atoms with van der Waals surface area (Å²) in [5, 5.41) is 0. The van der Waals surface area contributed by atoms with Gasteiger partial charge in [-0.25, -0.2) is 4.79 Å². The van der Waals surface area contributed by atoms with Gasteiger partial charge in [0.15, 0.2) is 5.78 Å². The number of Topliss-reactive ketones (excluding diaryl/α,β-unsaturated/α-hetero) is 1. The van der Waals surface area contributed by atoms with Crippen LogP contribution in [0.5, 0.6) is 11.5 Å². The zero-order chi connectivity index (χ0) is 17.1. The van der Waals surface area contributed by atoms with Crippen molar-refractivity contribution in [3.05, 3.63) is 59.2 Å². The van der Waals surface area contributed by atoms with Crippen molar-refractivity contribution in [3.63, 3.8) is 0 Å². The van der Waals surface area contributed by atoms with Crippen molar-refractivity contribution in [2.24, 2.45) is 5.92 Å². The summed E-state index contributed by atoms with van der Waals surface area (Å²) in [6.45, 7) is 0.307. The highest BCUT2D eigenvalue weighted by Gasteiger charge is 2.29. The predicted molar refractivity (Wildman–Crippen MR) is 87.8 cm³/mol. The summed E-state index contributed by atoms with van der Waals surface area (Å²) in [5.74, 6) is 0.589. The van der Waals surface area contributed by atoms with Crippen molar-refractivity contribution in [1.29, 1.82) is 0 Å². The molecule has 24 heavy (non-hydrogen) atoms. The number of fused-ring (bicyclic) bond motifs is 1. The first-order chi connectivity index (χ1) is 11.6. The molecule has 3 rings (SSSR count). The van der Waals surface area contributed by atoms with Crippen molar-refractivity contribution >= 4 is 11.8 Å². The molecule has 0 saturated heterocycles. The molecule has 2 aromatic carbocycles. The summed E-state index contributed by atoms with van der Waals surface area (Å²) < 4.78 is 15.6. The Balaban J connectivity index is 1.79. The van der Waals surface area contributed by atoms with Crippen LogP contribution in [0.15, 0.2) is 42.5 Å². The second-order valence-electron chi connectivity index (χ2n) is 5.63. The Hall–Kier alpha value is -2.82. The standard InChI is InChI=1S/C19H18O5/c1-22-15-6-7-16-17(10-15)24-11-14(18(16)20)9-12-4-3-5-13(8-12)19(21)23-2/h3-8,10,14H,9,11H2,1-2H3. The molecule has 0 saturated carbocycles. The molecule has 0 radical (unpaired) electrons. The highest BCUT2D eigenvalue weighted by molar-refractivity contribution is 6.01. The van der Waals surface area contributed by atoms with E-state index in [4.69, 9.17) is 14.2 Å². The van der Waals surface area contributed by atoms with Crippen LogP contribution in [-0.2, 0) is 11.2 Å². The third-order valence-electron chi connectivity index (χ3n) is 4.10. The fraction of sp³-hybridized carbons (Fsp3) is 0.263. The lowest BCUT2D eigenvalue weighted by molar-refractivity contribution is 0.0600. The monoisotopic (exact) mass is 326 g/mol. The molecule has 0 amide bonds. The van der Waals surface area contributed by atoms with E-state index in [0.717, 1.165) is 5.56 Å². The number of carbonyl (C=O) groups excluding carboxylic acids is 2. The molecule has 5 nitrogen and oxygen atoms in total. The van der Waals surface area contributed by atoms with Gasteiger partial charge < -0.3 is 14.2 Å². The Morgan fingerprint density at radius 3 is 2.79 bits per heavy atom. The Bertz CT molecular complexity index is 781. The van der Waals surface area contributed by atoms with E-state index in [2.05, 4.69) is 0 Å². The van der Waals surface area contributed by atoms with Gasteiger partial charge in [-0.05, 0) is 36.2 Å². The van der Waals surface area contributed by atoms with Crippen LogP contribution in [0.3, 0.4) is 0 Å². The molecule has 5 heteroatoms. The highest BCUT2D eigenvalue weighted by atomic mass is 16.5. The summed E-state index contributed by atoms with van der Waals surface area (Å²) in [5.41, 5.74) is 1.94. The Morgan fingerprint density at radius 2 is 2.04 bits per heavy atom. The van der Waals surface area contributed by atoms with Gasteiger partial charge in [0.25, 0.3) is 0 Å². The second-order valence-corrected chi connectivity index (χ2v) is 5.63. The Labute approximate surface area is 140 Å². The lowest BCUT2D eigenvalue weighted by atomic mass is 9.89. The number of methoxy groups -OCH3 is 2. The van der Waals surface area contributed by atoms with Crippen LogP contribution in [0.2, 0.25) is 0 Å². The lowest BCUT2D eigenvalue weighted by Gasteiger charge is -2.24. The maximum atomic E-state index is 12.7. The van der Waals surface area contributed by atoms with Crippen LogP contribution in [0.25, 0.3) is 0 Å². The van der Waals surface area contributed by atoms with Gasteiger partial charge in [0.1, 0.15) is 11.5 Å². The van der Waals surface area contributed by atoms with Crippen LogP contribution in [0.1, 0.15) is 26.3 Å². The fourth-order valence-electron chi connectivity index (χ4n) is 2.82. The largest absolute Gasteiger partial charge is 0.497 e. The molecule has 0 fully saturated rings. The third kappa shape index (κ3) is 3.11. The molecule has 0 aliphatic carbocycles. The average molecular weight is 326 g/mol. The van der Waals surface area contributed by atoms with Gasteiger partial charge in [-0.1, -0.05) is 12.1 Å². The van der Waals surface area contributed by atoms with E-state index in [0.29, 0.717) is 35.7 Å². The van der Waals surface area contributed by atoms with Gasteiger partial charge in [0, 0.05) is 6.07 Å². The molecule has 0 bridgehead atoms. The second kappa shape index (κ2) is 6.74. The van der Waals surface area contributed by atoms with Crippen LogP contribution in [0.4, 0.5) is 0 Å². The topological polar surface area (TPSA) is 61.8 Å². The van der Waals surface area contributed by atoms with Crippen LogP contribution in [0, 0.1) is 5.92 Å². The van der Waals surface area contributed by atoms with E-state index < -0.39 is 0 Å². The minimum atomic E-state index is -0.388. The van der Waals surface area contributed by atoms with Crippen LogP contribution in [-0.4, -0.2) is 32.6 Å². The van der Waals surface area contributed by atoms with Crippen molar-refractivity contribution in [2.45, 2.75) is 6.42 Å². The first-order valence-corrected chi connectivity index (χ1v) is 7.64. The van der Waals surface area contributed by atoms with E-state index in [1.165, 1.54) is 7.11 Å². The van der Waals surface area contributed by atoms with E-state index in [9.17, 15) is 9.59 Å². The number of hydrogen-bond donors (Lipinski definition) is 0. The van der Waals surface area contributed by atoms with Gasteiger partial charge >= 0.3 is 5.97 Å². The molecule has 1 heterocycles. The number of benzene rings is 2. The molecule has 0 aromatic heterocycles. The van der Waals surface area contributed by atoms with Crippen molar-refractivity contribution < 1.29 is 23.8 Å². The van der Waals surface area contributed by atoms with Gasteiger partial charge in [-0.15, -0.1) is 0 Å². The quantitative estimate of drug-likeness (QED) is 0.809. The Morgan fingerprint density at radius 1 is 1.21 bits per heavy atom. The van der Waals surface area contributed by atoms with Gasteiger partial charge in [0.05, 0.1) is 37.9 Å². The molecule has 124 valence electrons. The van der Waals surface area contributed by atoms with Gasteiger partial charge in [-0.3, -0.25) is 4.79 Å². The minimum Gasteiger partial charge on any atom is -0.497 e. The van der Waals surface area contributed by atoms with E-state index in [-0.39, 0.29) is 17.7 Å². The zero-order valence-corrected chi connectivity index (χ0v) is 13.6. The molecule has 1 aliphatic rings. The maximum absolute atomic E-state index is 12.7. The number of ketones is 1. The Kier molecular flexibility index (Phi) is 4.51. The fourth-order valence-corrected chi connectivity index (χ4v) is 2.82. The molecule has 1 aliphatic heterocycles. The summed E-state index contributed by atoms with van der Waals surface area (Å²) in [4.78, 5) is 24.3. The van der Waals surface area contributed by atoms with Crippen molar-refractivity contribution in [3.8, 4) is 11.5 Å². The van der Waals surface area contributed by atoms with E-state index in [1.807, 2.05) is 6.07 Å². The maximum Gasteiger partial charge on any atom is 0.337 e. The van der Waals surface area contributed by atoms with E-state index >= 15 is 0 Å². The first kappa shape index (κ1) is 16.1. The summed E-state index contributed by atoms with van der Waals surface area (Å²) in [7, 11) is 2.92. The summed E-state index contributed by atoms with van der Waals surface area (Å²) in [6, 6.07) is 12.3. The molecule has 2 aromatic rings. The number of ether oxygens (including phenoxy) is 3. The van der Waals surface area contributed by atoms with Crippen molar-refractivity contribution in [1.82, 2.24) is 0 Å². The molecule has 0 spiro atoms. The van der Waals surface area contributed by atoms with Gasteiger partial charge in [-0.2, -0.15) is 0 Å². The first-order valence-electron chi connectivity index (χ1n) is 7.64. The average Bonchev–Trinajstić information content (AvgIpc) is 2.63. The van der Waals surface area contributed by atoms with E-state index in [1.54, 1.807) is 43.5 Å². The number of esters is 1. The number of carbonyl (C=O) groups is 2. The van der Waals surface area contributed by atoms with Crippen LogP contribution >= 0.6 is 0 Å². The SMILES string of the molecule is COC(=O)c1cccc(CC2COc3cc(OC)ccc3C2=O)c1. The van der Waals surface area contributed by atoms with Gasteiger partial charge in [0.2, 0.25) is 0 Å². The smallest absolute Gasteiger partial charge is 0.337 e. The summed E-state index contributed by atoms with van der Waals surface area (Å²) >= 11 is 0. The third-order valence-corrected chi connectivity index (χ3v) is 4.10. The predicted octanol–water partition coefficient (Wildman–Crippen LogP) is 2.92. The molecule has 1 atom stereocenters. The molecular formula is C19H18O5. The number of rotatable bonds is 4. The molecular weight excluding hydrogens is 308 g/mol. The molecule has 1 unspecified atom stereocenters. The zero-order valence-electron chi connectivity index (χ0n) is 13.6. The lowest BCUT2D eigenvalue weighted by Crippen LogP contribution is -2.29. The molecule has 0 N–H and O–H groups in total. The highest BCUT2D eigenvalue weighted by Crippen LogP contribution is 2.32.